The number of rotatable bonds is 11. The molecule has 0 saturated carbocycles. The van der Waals surface area contributed by atoms with Gasteiger partial charge in [0.2, 0.25) is 5.91 Å². The Kier molecular flexibility index (Phi) is 8.58. The second kappa shape index (κ2) is 11.4. The number of nitrogens with zero attached hydrogens (tertiary/aromatic N) is 2. The lowest BCUT2D eigenvalue weighted by molar-refractivity contribution is -0.127. The lowest BCUT2D eigenvalue weighted by atomic mass is 10.1. The van der Waals surface area contributed by atoms with E-state index in [1.165, 1.54) is 19.3 Å². The van der Waals surface area contributed by atoms with Gasteiger partial charge in [0, 0.05) is 39.1 Å². The molecule has 2 heterocycles. The van der Waals surface area contributed by atoms with Gasteiger partial charge >= 0.3 is 0 Å². The first-order chi connectivity index (χ1) is 14.2. The smallest absolute Gasteiger partial charge is 0.222 e. The van der Waals surface area contributed by atoms with Crippen LogP contribution in [-0.4, -0.2) is 79.9 Å². The van der Waals surface area contributed by atoms with E-state index in [1.54, 1.807) is 7.11 Å². The molecular formula is C22H35N3O4. The number of hydrogen-bond donors (Lipinski definition) is 2. The minimum Gasteiger partial charge on any atom is -0.493 e. The Morgan fingerprint density at radius 2 is 1.97 bits per heavy atom. The largest absolute Gasteiger partial charge is 0.493 e. The van der Waals surface area contributed by atoms with Crippen molar-refractivity contribution in [1.82, 2.24) is 15.1 Å². The number of benzene rings is 1. The molecule has 3 rings (SSSR count). The molecule has 2 N–H and O–H groups in total. The zero-order chi connectivity index (χ0) is 20.5. The van der Waals surface area contributed by atoms with E-state index in [0.717, 1.165) is 44.7 Å². The van der Waals surface area contributed by atoms with E-state index in [2.05, 4.69) is 10.2 Å². The summed E-state index contributed by atoms with van der Waals surface area (Å²) in [7, 11) is 1.62. The van der Waals surface area contributed by atoms with Gasteiger partial charge in [0.15, 0.2) is 11.5 Å². The molecule has 0 radical (unpaired) electrons. The van der Waals surface area contributed by atoms with Crippen LogP contribution in [0.3, 0.4) is 0 Å². The summed E-state index contributed by atoms with van der Waals surface area (Å²) in [4.78, 5) is 15.9. The highest BCUT2D eigenvalue weighted by Gasteiger charge is 2.19. The van der Waals surface area contributed by atoms with Gasteiger partial charge in [0.25, 0.3) is 0 Å². The molecule has 2 saturated heterocycles. The maximum absolute atomic E-state index is 11.7. The monoisotopic (exact) mass is 405 g/mol. The molecule has 162 valence electrons. The van der Waals surface area contributed by atoms with Crippen LogP contribution >= 0.6 is 0 Å². The van der Waals surface area contributed by atoms with Gasteiger partial charge in [-0.25, -0.2) is 0 Å². The van der Waals surface area contributed by atoms with E-state index in [-0.39, 0.29) is 12.5 Å². The van der Waals surface area contributed by atoms with Crippen molar-refractivity contribution in [3.05, 3.63) is 23.8 Å². The average molecular weight is 406 g/mol. The number of β-amino-alcohol motifs (C(OH)–C–C–N with tert-alkyl or cyclic N) is 1. The maximum atomic E-state index is 11.7. The van der Waals surface area contributed by atoms with Crippen molar-refractivity contribution >= 4 is 5.91 Å². The average Bonchev–Trinajstić information content (AvgIpc) is 3.15. The number of aliphatic hydroxyl groups excluding tert-OH is 1. The van der Waals surface area contributed by atoms with Crippen LogP contribution in [-0.2, 0) is 11.3 Å². The Hall–Kier alpha value is -1.83. The normalized spacial score (nSPS) is 18.8. The third-order valence-electron chi connectivity index (χ3n) is 5.64. The van der Waals surface area contributed by atoms with Gasteiger partial charge < -0.3 is 29.7 Å². The summed E-state index contributed by atoms with van der Waals surface area (Å²) in [5.74, 6) is 1.58. The van der Waals surface area contributed by atoms with Crippen molar-refractivity contribution in [2.24, 2.45) is 0 Å². The lowest BCUT2D eigenvalue weighted by Crippen LogP contribution is -2.38. The zero-order valence-corrected chi connectivity index (χ0v) is 17.6. The SMILES string of the molecule is COc1ccc(CNCCN2CCCC2=O)cc1OC[C@@H](O)CN1CCCCC1. The number of likely N-dealkylation sites (tertiary alicyclic amines) is 2. The molecule has 0 aromatic heterocycles. The van der Waals surface area contributed by atoms with Crippen LogP contribution in [0, 0.1) is 0 Å². The number of hydrogen-bond acceptors (Lipinski definition) is 6. The van der Waals surface area contributed by atoms with E-state index >= 15 is 0 Å². The summed E-state index contributed by atoms with van der Waals surface area (Å²) in [6.45, 7) is 6.11. The van der Waals surface area contributed by atoms with Crippen LogP contribution in [0.25, 0.3) is 0 Å². The first kappa shape index (κ1) is 21.9. The lowest BCUT2D eigenvalue weighted by Gasteiger charge is -2.28. The number of carbonyl (C=O) groups excluding carboxylic acids is 1. The van der Waals surface area contributed by atoms with Crippen molar-refractivity contribution in [2.45, 2.75) is 44.8 Å². The topological polar surface area (TPSA) is 74.3 Å². The van der Waals surface area contributed by atoms with Gasteiger partial charge in [0.1, 0.15) is 12.7 Å². The van der Waals surface area contributed by atoms with Crippen molar-refractivity contribution < 1.29 is 19.4 Å². The summed E-state index contributed by atoms with van der Waals surface area (Å²) in [6.07, 6.45) is 4.85. The molecule has 0 spiro atoms. The van der Waals surface area contributed by atoms with Gasteiger partial charge in [0.05, 0.1) is 7.11 Å². The van der Waals surface area contributed by atoms with Crippen molar-refractivity contribution in [1.29, 1.82) is 0 Å². The van der Waals surface area contributed by atoms with Crippen molar-refractivity contribution in [3.8, 4) is 11.5 Å². The fourth-order valence-corrected chi connectivity index (χ4v) is 4.01. The zero-order valence-electron chi connectivity index (χ0n) is 17.6. The highest BCUT2D eigenvalue weighted by atomic mass is 16.5. The summed E-state index contributed by atoms with van der Waals surface area (Å²) in [5, 5.41) is 13.7. The molecule has 1 aromatic carbocycles. The molecule has 1 atom stereocenters. The summed E-state index contributed by atoms with van der Waals surface area (Å²) in [6, 6.07) is 5.86. The van der Waals surface area contributed by atoms with Gasteiger partial charge in [-0.3, -0.25) is 4.79 Å². The number of piperidine rings is 1. The fraction of sp³-hybridized carbons (Fsp3) is 0.682. The minimum absolute atomic E-state index is 0.251. The number of nitrogens with one attached hydrogen (secondary N) is 1. The molecule has 2 aliphatic rings. The molecule has 7 nitrogen and oxygen atoms in total. The van der Waals surface area contributed by atoms with Gasteiger partial charge in [-0.05, 0) is 50.0 Å². The van der Waals surface area contributed by atoms with Crippen LogP contribution in [0.1, 0.15) is 37.7 Å². The molecular weight excluding hydrogens is 370 g/mol. The molecule has 29 heavy (non-hydrogen) atoms. The first-order valence-corrected chi connectivity index (χ1v) is 10.8. The summed E-state index contributed by atoms with van der Waals surface area (Å²) >= 11 is 0. The third-order valence-corrected chi connectivity index (χ3v) is 5.64. The minimum atomic E-state index is -0.516. The van der Waals surface area contributed by atoms with Crippen LogP contribution < -0.4 is 14.8 Å². The fourth-order valence-electron chi connectivity index (χ4n) is 4.01. The molecule has 1 amide bonds. The molecule has 2 aliphatic heterocycles. The number of amides is 1. The number of methoxy groups -OCH3 is 1. The maximum Gasteiger partial charge on any atom is 0.222 e. The molecule has 2 fully saturated rings. The predicted molar refractivity (Wildman–Crippen MR) is 112 cm³/mol. The second-order valence-corrected chi connectivity index (χ2v) is 7.97. The van der Waals surface area contributed by atoms with Gasteiger partial charge in [-0.15, -0.1) is 0 Å². The number of aliphatic hydroxyl groups is 1. The molecule has 7 heteroatoms. The highest BCUT2D eigenvalue weighted by Crippen LogP contribution is 2.28. The van der Waals surface area contributed by atoms with Crippen LogP contribution in [0.2, 0.25) is 0 Å². The van der Waals surface area contributed by atoms with Gasteiger partial charge in [-0.1, -0.05) is 12.5 Å². The molecule has 0 aliphatic carbocycles. The summed E-state index contributed by atoms with van der Waals surface area (Å²) in [5.41, 5.74) is 1.08. The van der Waals surface area contributed by atoms with E-state index in [1.807, 2.05) is 23.1 Å². The van der Waals surface area contributed by atoms with Crippen LogP contribution in [0.5, 0.6) is 11.5 Å². The second-order valence-electron chi connectivity index (χ2n) is 7.97. The van der Waals surface area contributed by atoms with Crippen molar-refractivity contribution in [3.63, 3.8) is 0 Å². The predicted octanol–water partition coefficient (Wildman–Crippen LogP) is 1.63. The Balaban J connectivity index is 1.44. The quantitative estimate of drug-likeness (QED) is 0.545. The molecule has 0 unspecified atom stereocenters. The van der Waals surface area contributed by atoms with E-state index in [9.17, 15) is 9.90 Å². The van der Waals surface area contributed by atoms with Crippen LogP contribution in [0.4, 0.5) is 0 Å². The highest BCUT2D eigenvalue weighted by molar-refractivity contribution is 5.78. The third kappa shape index (κ3) is 6.87. The van der Waals surface area contributed by atoms with Crippen molar-refractivity contribution in [2.75, 3.05) is 53.0 Å². The Morgan fingerprint density at radius 3 is 2.69 bits per heavy atom. The molecule has 1 aromatic rings. The van der Waals surface area contributed by atoms with E-state index in [0.29, 0.717) is 31.0 Å². The standard InChI is InChI=1S/C22H35N3O4/c1-28-20-8-7-18(15-23-9-13-25-12-5-6-22(25)27)14-21(20)29-17-19(26)16-24-10-3-2-4-11-24/h7-8,14,19,23,26H,2-6,9-13,15-17H2,1H3/t19-/m0/s1. The Bertz CT molecular complexity index is 649. The van der Waals surface area contributed by atoms with E-state index in [4.69, 9.17) is 9.47 Å². The number of ether oxygens (including phenoxy) is 2. The molecule has 0 bridgehead atoms. The van der Waals surface area contributed by atoms with Gasteiger partial charge in [-0.2, -0.15) is 0 Å². The Morgan fingerprint density at radius 1 is 1.14 bits per heavy atom. The first-order valence-electron chi connectivity index (χ1n) is 10.8. The number of carbonyl (C=O) groups is 1. The Labute approximate surface area is 174 Å². The van der Waals surface area contributed by atoms with E-state index < -0.39 is 6.10 Å². The van der Waals surface area contributed by atoms with Crippen LogP contribution in [0.15, 0.2) is 18.2 Å². The summed E-state index contributed by atoms with van der Waals surface area (Å²) < 4.78 is 11.3.